The first-order valence-corrected chi connectivity index (χ1v) is 8.32. The van der Waals surface area contributed by atoms with Crippen LogP contribution >= 0.6 is 0 Å². The molecule has 1 N–H and O–H groups in total. The molecule has 0 atom stereocenters. The van der Waals surface area contributed by atoms with Crippen LogP contribution in [0.1, 0.15) is 62.9 Å². The van der Waals surface area contributed by atoms with E-state index < -0.39 is 0 Å². The predicted molar refractivity (Wildman–Crippen MR) is 81.5 cm³/mol. The standard InChI is InChI=1S/C17H28N2O/c1-19(15-6-4-2-3-5-7-15)13-17-11-10-16(20-17)12-18-14-8-9-14/h10-11,14-15,18H,2-9,12-13H2,1H3. The molecule has 2 aliphatic carbocycles. The first-order valence-electron chi connectivity index (χ1n) is 8.32. The van der Waals surface area contributed by atoms with Crippen LogP contribution in [0, 0.1) is 0 Å². The fourth-order valence-electron chi connectivity index (χ4n) is 3.21. The minimum absolute atomic E-state index is 0.746. The summed E-state index contributed by atoms with van der Waals surface area (Å²) in [4.78, 5) is 2.49. The van der Waals surface area contributed by atoms with Gasteiger partial charge in [0.1, 0.15) is 11.5 Å². The predicted octanol–water partition coefficient (Wildman–Crippen LogP) is 3.69. The van der Waals surface area contributed by atoms with E-state index in [-0.39, 0.29) is 0 Å². The van der Waals surface area contributed by atoms with E-state index in [1.807, 2.05) is 0 Å². The molecule has 0 spiro atoms. The highest BCUT2D eigenvalue weighted by atomic mass is 16.3. The average molecular weight is 276 g/mol. The summed E-state index contributed by atoms with van der Waals surface area (Å²) in [5.41, 5.74) is 0. The Kier molecular flexibility index (Phi) is 4.79. The molecule has 3 rings (SSSR count). The molecule has 0 bridgehead atoms. The van der Waals surface area contributed by atoms with Gasteiger partial charge in [-0.05, 0) is 44.9 Å². The van der Waals surface area contributed by atoms with Crippen molar-refractivity contribution in [3.05, 3.63) is 23.7 Å². The summed E-state index contributed by atoms with van der Waals surface area (Å²) in [6.45, 7) is 1.84. The summed E-state index contributed by atoms with van der Waals surface area (Å²) in [5, 5.41) is 3.50. The van der Waals surface area contributed by atoms with Crippen molar-refractivity contribution in [1.29, 1.82) is 0 Å². The van der Waals surface area contributed by atoms with E-state index in [1.165, 1.54) is 51.4 Å². The maximum Gasteiger partial charge on any atom is 0.118 e. The van der Waals surface area contributed by atoms with E-state index >= 15 is 0 Å². The maximum absolute atomic E-state index is 5.95. The molecule has 3 heteroatoms. The van der Waals surface area contributed by atoms with Gasteiger partial charge >= 0.3 is 0 Å². The third kappa shape index (κ3) is 4.10. The Labute approximate surface area is 122 Å². The molecule has 112 valence electrons. The van der Waals surface area contributed by atoms with Gasteiger partial charge in [-0.3, -0.25) is 4.90 Å². The van der Waals surface area contributed by atoms with E-state index in [0.29, 0.717) is 0 Å². The van der Waals surface area contributed by atoms with Crippen LogP contribution in [0.5, 0.6) is 0 Å². The fraction of sp³-hybridized carbons (Fsp3) is 0.765. The van der Waals surface area contributed by atoms with Gasteiger partial charge in [0.15, 0.2) is 0 Å². The molecule has 0 saturated heterocycles. The number of furan rings is 1. The summed E-state index contributed by atoms with van der Waals surface area (Å²) >= 11 is 0. The summed E-state index contributed by atoms with van der Waals surface area (Å²) < 4.78 is 5.95. The van der Waals surface area contributed by atoms with Crippen molar-refractivity contribution in [3.8, 4) is 0 Å². The van der Waals surface area contributed by atoms with Crippen LogP contribution in [0.25, 0.3) is 0 Å². The highest BCUT2D eigenvalue weighted by molar-refractivity contribution is 5.07. The SMILES string of the molecule is CN(Cc1ccc(CNC2CC2)o1)C1CCCCCC1. The molecule has 3 nitrogen and oxygen atoms in total. The van der Waals surface area contributed by atoms with Gasteiger partial charge in [0.2, 0.25) is 0 Å². The van der Waals surface area contributed by atoms with E-state index in [1.54, 1.807) is 0 Å². The zero-order valence-electron chi connectivity index (χ0n) is 12.7. The first-order chi connectivity index (χ1) is 9.81. The van der Waals surface area contributed by atoms with Gasteiger partial charge in [0.25, 0.3) is 0 Å². The van der Waals surface area contributed by atoms with Crippen molar-refractivity contribution in [2.24, 2.45) is 0 Å². The van der Waals surface area contributed by atoms with Gasteiger partial charge in [-0.25, -0.2) is 0 Å². The van der Waals surface area contributed by atoms with E-state index in [2.05, 4.69) is 29.4 Å². The molecule has 20 heavy (non-hydrogen) atoms. The summed E-state index contributed by atoms with van der Waals surface area (Å²) in [6.07, 6.45) is 11.0. The monoisotopic (exact) mass is 276 g/mol. The van der Waals surface area contributed by atoms with Gasteiger partial charge < -0.3 is 9.73 Å². The highest BCUT2D eigenvalue weighted by Crippen LogP contribution is 2.23. The number of nitrogens with zero attached hydrogens (tertiary/aromatic N) is 1. The quantitative estimate of drug-likeness (QED) is 0.803. The zero-order chi connectivity index (χ0) is 13.8. The molecule has 1 heterocycles. The second-order valence-electron chi connectivity index (χ2n) is 6.58. The molecule has 2 fully saturated rings. The van der Waals surface area contributed by atoms with Gasteiger partial charge in [-0.15, -0.1) is 0 Å². The Morgan fingerprint density at radius 1 is 1.05 bits per heavy atom. The molecular weight excluding hydrogens is 248 g/mol. The Hall–Kier alpha value is -0.800. The fourth-order valence-corrected chi connectivity index (χ4v) is 3.21. The second kappa shape index (κ2) is 6.77. The van der Waals surface area contributed by atoms with Crippen LogP contribution in [-0.2, 0) is 13.1 Å². The summed E-state index contributed by atoms with van der Waals surface area (Å²) in [6, 6.07) is 5.77. The maximum atomic E-state index is 5.95. The lowest BCUT2D eigenvalue weighted by atomic mass is 10.1. The zero-order valence-corrected chi connectivity index (χ0v) is 12.7. The lowest BCUT2D eigenvalue weighted by Crippen LogP contribution is -2.30. The minimum atomic E-state index is 0.746. The lowest BCUT2D eigenvalue weighted by molar-refractivity contribution is 0.196. The molecule has 0 aliphatic heterocycles. The normalized spacial score (nSPS) is 21.3. The van der Waals surface area contributed by atoms with Gasteiger partial charge in [-0.2, -0.15) is 0 Å². The van der Waals surface area contributed by atoms with E-state index in [4.69, 9.17) is 4.42 Å². The van der Waals surface area contributed by atoms with Gasteiger partial charge in [0, 0.05) is 12.1 Å². The van der Waals surface area contributed by atoms with Crippen LogP contribution in [0.2, 0.25) is 0 Å². The Morgan fingerprint density at radius 3 is 2.45 bits per heavy atom. The summed E-state index contributed by atoms with van der Waals surface area (Å²) in [7, 11) is 2.25. The van der Waals surface area contributed by atoms with Crippen LogP contribution in [0.4, 0.5) is 0 Å². The lowest BCUT2D eigenvalue weighted by Gasteiger charge is -2.26. The van der Waals surface area contributed by atoms with Crippen molar-refractivity contribution in [3.63, 3.8) is 0 Å². The number of hydrogen-bond acceptors (Lipinski definition) is 3. The summed E-state index contributed by atoms with van der Waals surface area (Å²) in [5.74, 6) is 2.20. The number of nitrogens with one attached hydrogen (secondary N) is 1. The topological polar surface area (TPSA) is 28.4 Å². The van der Waals surface area contributed by atoms with Crippen molar-refractivity contribution in [1.82, 2.24) is 10.2 Å². The largest absolute Gasteiger partial charge is 0.463 e. The van der Waals surface area contributed by atoms with Crippen molar-refractivity contribution in [2.45, 2.75) is 76.5 Å². The first kappa shape index (κ1) is 14.2. The number of hydrogen-bond donors (Lipinski definition) is 1. The van der Waals surface area contributed by atoms with Crippen LogP contribution in [-0.4, -0.2) is 24.0 Å². The smallest absolute Gasteiger partial charge is 0.118 e. The molecule has 0 unspecified atom stereocenters. The molecule has 0 radical (unpaired) electrons. The Balaban J connectivity index is 1.48. The molecular formula is C17H28N2O. The third-order valence-electron chi connectivity index (χ3n) is 4.71. The van der Waals surface area contributed by atoms with E-state index in [0.717, 1.165) is 36.7 Å². The van der Waals surface area contributed by atoms with Crippen LogP contribution in [0.3, 0.4) is 0 Å². The minimum Gasteiger partial charge on any atom is -0.463 e. The molecule has 1 aromatic heterocycles. The van der Waals surface area contributed by atoms with E-state index in [9.17, 15) is 0 Å². The van der Waals surface area contributed by atoms with Gasteiger partial charge in [0.05, 0.1) is 13.1 Å². The molecule has 2 aliphatic rings. The molecule has 1 aromatic rings. The third-order valence-corrected chi connectivity index (χ3v) is 4.71. The van der Waals surface area contributed by atoms with Crippen molar-refractivity contribution >= 4 is 0 Å². The van der Waals surface area contributed by atoms with Crippen LogP contribution < -0.4 is 5.32 Å². The molecule has 2 saturated carbocycles. The highest BCUT2D eigenvalue weighted by Gasteiger charge is 2.21. The Bertz CT molecular complexity index is 403. The number of rotatable bonds is 6. The van der Waals surface area contributed by atoms with Crippen LogP contribution in [0.15, 0.2) is 16.5 Å². The van der Waals surface area contributed by atoms with Gasteiger partial charge in [-0.1, -0.05) is 25.7 Å². The van der Waals surface area contributed by atoms with Crippen molar-refractivity contribution < 1.29 is 4.42 Å². The Morgan fingerprint density at radius 2 is 1.75 bits per heavy atom. The average Bonchev–Trinajstić information content (AvgIpc) is 3.22. The second-order valence-corrected chi connectivity index (χ2v) is 6.58. The molecule has 0 aromatic carbocycles. The van der Waals surface area contributed by atoms with Crippen molar-refractivity contribution in [2.75, 3.05) is 7.05 Å². The molecule has 0 amide bonds.